The van der Waals surface area contributed by atoms with E-state index in [1.165, 1.54) is 49.9 Å². The Hall–Kier alpha value is -7.63. The van der Waals surface area contributed by atoms with E-state index in [2.05, 4.69) is 144 Å². The second kappa shape index (κ2) is 11.2. The molecule has 2 aliphatic rings. The third-order valence-corrected chi connectivity index (χ3v) is 12.3. The summed E-state index contributed by atoms with van der Waals surface area (Å²) in [6.07, 6.45) is 0. The minimum atomic E-state index is -0.442. The fourth-order valence-electron chi connectivity index (χ4n) is 10.1. The summed E-state index contributed by atoms with van der Waals surface area (Å²) >= 11 is 0. The summed E-state index contributed by atoms with van der Waals surface area (Å²) < 4.78 is 8.75. The highest BCUT2D eigenvalue weighted by Gasteiger charge is 2.52. The quantitative estimate of drug-likeness (QED) is 0.182. The monoisotopic (exact) mass is 726 g/mol. The van der Waals surface area contributed by atoms with E-state index in [0.29, 0.717) is 17.6 Å². The molecule has 57 heavy (non-hydrogen) atoms. The number of fused-ring (bicyclic) bond motifs is 17. The van der Waals surface area contributed by atoms with Crippen molar-refractivity contribution in [1.29, 1.82) is 0 Å². The van der Waals surface area contributed by atoms with Crippen molar-refractivity contribution in [1.82, 2.24) is 19.5 Å². The number of nitrogens with zero attached hydrogens (tertiary/aromatic N) is 4. The lowest BCUT2D eigenvalue weighted by Crippen LogP contribution is -2.25. The summed E-state index contributed by atoms with van der Waals surface area (Å²) in [6, 6.07) is 64.8. The molecule has 0 bridgehead atoms. The average molecular weight is 727 g/mol. The molecule has 0 radical (unpaired) electrons. The van der Waals surface area contributed by atoms with E-state index in [9.17, 15) is 0 Å². The fraction of sp³-hybridized carbons (Fsp3) is 0.0192. The highest BCUT2D eigenvalue weighted by atomic mass is 16.3. The van der Waals surface area contributed by atoms with Crippen LogP contribution in [0.4, 0.5) is 0 Å². The number of furan rings is 1. The Bertz CT molecular complexity index is 3440. The van der Waals surface area contributed by atoms with E-state index < -0.39 is 5.41 Å². The summed E-state index contributed by atoms with van der Waals surface area (Å²) in [6.45, 7) is 0. The largest absolute Gasteiger partial charge is 0.455 e. The zero-order chi connectivity index (χ0) is 37.2. The van der Waals surface area contributed by atoms with E-state index in [4.69, 9.17) is 19.4 Å². The Morgan fingerprint density at radius 1 is 0.404 bits per heavy atom. The SMILES string of the molecule is c1ccc(-c2nc(-c3cccc4c3oc3ccccc34)nc(-n3c4ccccc4c4c5c(ccc43)C3(c4ccccc4-c4ccccc43)c3ccccc3-5)n2)cc1. The zero-order valence-corrected chi connectivity index (χ0v) is 30.5. The van der Waals surface area contributed by atoms with E-state index in [0.717, 1.165) is 49.5 Å². The van der Waals surface area contributed by atoms with Gasteiger partial charge in [0.15, 0.2) is 11.6 Å². The van der Waals surface area contributed by atoms with Gasteiger partial charge in [-0.15, -0.1) is 0 Å². The van der Waals surface area contributed by atoms with Crippen molar-refractivity contribution in [3.63, 3.8) is 0 Å². The molecule has 0 saturated carbocycles. The molecule has 0 aliphatic heterocycles. The normalized spacial score (nSPS) is 13.4. The van der Waals surface area contributed by atoms with Gasteiger partial charge in [0.2, 0.25) is 5.95 Å². The third kappa shape index (κ3) is 3.94. The van der Waals surface area contributed by atoms with E-state index in [1.54, 1.807) is 0 Å². The van der Waals surface area contributed by atoms with Crippen LogP contribution in [0, 0.1) is 0 Å². The standard InChI is InChI=1S/C52H30N4O/c1-2-15-31(16-3-1)49-53-50(38-23-14-22-35-34-19-8-13-28-45(34)57-48(35)38)55-51(54-49)56-43-27-12-7-21-37(43)47-44(56)30-29-42-46(47)36-20-6-11-26-41(36)52(42)39-24-9-4-17-32(39)33-18-5-10-25-40(33)52/h1-30H. The van der Waals surface area contributed by atoms with Gasteiger partial charge in [0.25, 0.3) is 0 Å². The van der Waals surface area contributed by atoms with Crippen LogP contribution in [0.5, 0.6) is 0 Å². The van der Waals surface area contributed by atoms with Crippen LogP contribution in [0.2, 0.25) is 0 Å². The van der Waals surface area contributed by atoms with E-state index >= 15 is 0 Å². The summed E-state index contributed by atoms with van der Waals surface area (Å²) in [5, 5.41) is 4.44. The Labute approximate surface area is 327 Å². The van der Waals surface area contributed by atoms with Crippen LogP contribution < -0.4 is 0 Å². The number of hydrogen-bond donors (Lipinski definition) is 0. The Kier molecular flexibility index (Phi) is 6.04. The first-order valence-electron chi connectivity index (χ1n) is 19.4. The van der Waals surface area contributed by atoms with Gasteiger partial charge in [-0.2, -0.15) is 9.97 Å². The van der Waals surface area contributed by atoms with Gasteiger partial charge in [0.1, 0.15) is 11.2 Å². The van der Waals surface area contributed by atoms with Gasteiger partial charge in [-0.1, -0.05) is 158 Å². The number of rotatable bonds is 3. The van der Waals surface area contributed by atoms with Crippen molar-refractivity contribution >= 4 is 43.7 Å². The molecule has 13 rings (SSSR count). The molecule has 8 aromatic carbocycles. The van der Waals surface area contributed by atoms with Crippen LogP contribution in [0.1, 0.15) is 22.3 Å². The summed E-state index contributed by atoms with van der Waals surface area (Å²) in [4.78, 5) is 15.8. The molecule has 5 heteroatoms. The molecule has 5 nitrogen and oxygen atoms in total. The summed E-state index contributed by atoms with van der Waals surface area (Å²) in [7, 11) is 0. The summed E-state index contributed by atoms with van der Waals surface area (Å²) in [5.41, 5.74) is 15.3. The molecule has 0 fully saturated rings. The number of hydrogen-bond acceptors (Lipinski definition) is 4. The van der Waals surface area contributed by atoms with Gasteiger partial charge in [-0.25, -0.2) is 4.98 Å². The van der Waals surface area contributed by atoms with Gasteiger partial charge in [0.05, 0.1) is 22.0 Å². The molecule has 0 amide bonds. The fourth-order valence-corrected chi connectivity index (χ4v) is 10.1. The molecule has 2 aliphatic carbocycles. The molecule has 1 spiro atoms. The van der Waals surface area contributed by atoms with Crippen LogP contribution in [0.3, 0.4) is 0 Å². The maximum Gasteiger partial charge on any atom is 0.238 e. The molecule has 11 aromatic rings. The number of para-hydroxylation sites is 3. The first-order valence-corrected chi connectivity index (χ1v) is 19.4. The lowest BCUT2D eigenvalue weighted by atomic mass is 9.70. The van der Waals surface area contributed by atoms with Crippen LogP contribution >= 0.6 is 0 Å². The molecule has 3 aromatic heterocycles. The minimum absolute atomic E-state index is 0.442. The predicted molar refractivity (Wildman–Crippen MR) is 229 cm³/mol. The van der Waals surface area contributed by atoms with Crippen LogP contribution in [-0.2, 0) is 5.41 Å². The highest BCUT2D eigenvalue weighted by Crippen LogP contribution is 2.64. The van der Waals surface area contributed by atoms with E-state index in [-0.39, 0.29) is 0 Å². The number of benzene rings is 8. The Morgan fingerprint density at radius 2 is 1.00 bits per heavy atom. The average Bonchev–Trinajstić information content (AvgIpc) is 4.00. The minimum Gasteiger partial charge on any atom is -0.455 e. The van der Waals surface area contributed by atoms with Crippen molar-refractivity contribution in [2.24, 2.45) is 0 Å². The maximum absolute atomic E-state index is 6.53. The molecular formula is C52H30N4O. The molecule has 0 unspecified atom stereocenters. The second-order valence-corrected chi connectivity index (χ2v) is 15.1. The highest BCUT2D eigenvalue weighted by molar-refractivity contribution is 6.19. The second-order valence-electron chi connectivity index (χ2n) is 15.1. The van der Waals surface area contributed by atoms with Crippen LogP contribution in [0.15, 0.2) is 186 Å². The van der Waals surface area contributed by atoms with Gasteiger partial charge < -0.3 is 4.42 Å². The smallest absolute Gasteiger partial charge is 0.238 e. The zero-order valence-electron chi connectivity index (χ0n) is 30.5. The third-order valence-electron chi connectivity index (χ3n) is 12.3. The summed E-state index contributed by atoms with van der Waals surface area (Å²) in [5.74, 6) is 1.70. The van der Waals surface area contributed by atoms with Crippen molar-refractivity contribution < 1.29 is 4.42 Å². The molecule has 0 saturated heterocycles. The molecule has 0 atom stereocenters. The van der Waals surface area contributed by atoms with Crippen molar-refractivity contribution in [3.8, 4) is 51.0 Å². The van der Waals surface area contributed by atoms with Gasteiger partial charge in [-0.3, -0.25) is 4.57 Å². The van der Waals surface area contributed by atoms with Crippen molar-refractivity contribution in [2.75, 3.05) is 0 Å². The Morgan fingerprint density at radius 3 is 1.79 bits per heavy atom. The maximum atomic E-state index is 6.53. The molecular weight excluding hydrogens is 697 g/mol. The van der Waals surface area contributed by atoms with E-state index in [1.807, 2.05) is 42.5 Å². The van der Waals surface area contributed by atoms with Gasteiger partial charge in [-0.05, 0) is 68.8 Å². The van der Waals surface area contributed by atoms with Crippen LogP contribution in [-0.4, -0.2) is 19.5 Å². The van der Waals surface area contributed by atoms with Crippen LogP contribution in [0.25, 0.3) is 94.7 Å². The van der Waals surface area contributed by atoms with Crippen molar-refractivity contribution in [2.45, 2.75) is 5.41 Å². The predicted octanol–water partition coefficient (Wildman–Crippen LogP) is 12.5. The molecule has 0 N–H and O–H groups in total. The lowest BCUT2D eigenvalue weighted by molar-refractivity contribution is 0.669. The van der Waals surface area contributed by atoms with Gasteiger partial charge in [0, 0.05) is 27.1 Å². The topological polar surface area (TPSA) is 56.7 Å². The number of aromatic nitrogens is 4. The first-order chi connectivity index (χ1) is 28.3. The first kappa shape index (κ1) is 30.7. The molecule has 264 valence electrons. The van der Waals surface area contributed by atoms with Crippen molar-refractivity contribution in [3.05, 3.63) is 204 Å². The lowest BCUT2D eigenvalue weighted by Gasteiger charge is -2.30. The Balaban J connectivity index is 1.13. The van der Waals surface area contributed by atoms with Gasteiger partial charge >= 0.3 is 0 Å². The molecule has 3 heterocycles.